The minimum Gasteiger partial charge on any atom is -0.508 e. The zero-order chi connectivity index (χ0) is 84.3. The number of rotatable bonds is 44. The molecular formula is C76H109N17O22. The second kappa shape index (κ2) is 47.3. The summed E-state index contributed by atoms with van der Waals surface area (Å²) in [4.78, 5) is 205. The number of aliphatic imine (C=N–C) groups is 1. The van der Waals surface area contributed by atoms with Gasteiger partial charge in [-0.2, -0.15) is 0 Å². The molecule has 1 saturated carbocycles. The van der Waals surface area contributed by atoms with Crippen LogP contribution in [0.2, 0.25) is 0 Å². The molecule has 115 heavy (non-hydrogen) atoms. The van der Waals surface area contributed by atoms with Crippen LogP contribution in [0.5, 0.6) is 5.75 Å². The van der Waals surface area contributed by atoms with Gasteiger partial charge in [0.05, 0.1) is 45.8 Å². The summed E-state index contributed by atoms with van der Waals surface area (Å²) in [6.07, 6.45) is 3.04. The van der Waals surface area contributed by atoms with Crippen LogP contribution in [-0.2, 0) is 86.4 Å². The standard InChI is InChI=1S/C76H109N17O22/c1-45(2)32-54(68(107)87-58(72(111)89-61(44-95)75(114)115)36-49-38-80-52-17-10-9-16-51(49)52)83-69(108)57(35-48-19-21-50(96)22-20-48)84-67(106)53(18-11-23-79-76(77)78)82-74(113)60(43-94)88-71(110)56(34-47-14-7-4-8-15-47)85-70(109)55(33-46-12-5-3-6-13-46)86-73(112)59(37-63(98)99)81-62(97)39-90-24-26-91(40-64(100)101)28-30-93(42-66(104)105)31-29-92(27-25-90)41-65(102)103/h4,7-10,14-17,19-22,38,45-46,53-61,80,94-96H,3,5-6,11-13,18,23-37,39-44H2,1-2H3,(H,81,97)(H,82,113)(H,83,108)(H,84,106)(H,85,109)(H,86,112)(H,87,107)(H,88,110)(H,89,111)(H,98,99)(H,100,101)(H,102,103)(H,104,105)(H,114,115)(H4,77,78,79)/t53?,54-,55-,56?,57-,58-,59-,60?,61-/m0/s1. The average molecular weight is 1610 g/mol. The van der Waals surface area contributed by atoms with Crippen molar-refractivity contribution in [1.82, 2.24) is 72.4 Å². The Bertz CT molecular complexity index is 3940. The topological polar surface area (TPSA) is 602 Å². The predicted molar refractivity (Wildman–Crippen MR) is 415 cm³/mol. The fourth-order valence-corrected chi connectivity index (χ4v) is 13.5. The van der Waals surface area contributed by atoms with Gasteiger partial charge in [-0.15, -0.1) is 0 Å². The number of hydrogen-bond donors (Lipinski definition) is 20. The van der Waals surface area contributed by atoms with Crippen LogP contribution in [0.15, 0.2) is 90.1 Å². The average Bonchev–Trinajstić information content (AvgIpc) is 1.72. The second-order valence-electron chi connectivity index (χ2n) is 29.1. The van der Waals surface area contributed by atoms with Crippen molar-refractivity contribution < 1.29 is 108 Å². The molecule has 6 rings (SSSR count). The molecule has 3 unspecified atom stereocenters. The number of H-pyrrole nitrogens is 1. The van der Waals surface area contributed by atoms with Crippen molar-refractivity contribution in [2.75, 3.05) is 98.3 Å². The summed E-state index contributed by atoms with van der Waals surface area (Å²) in [5.74, 6) is -16.7. The van der Waals surface area contributed by atoms with E-state index in [2.05, 4.69) is 57.8 Å². The SMILES string of the molecule is CC(C)C[C@H](NC(=O)[C@H](Cc1ccc(O)cc1)NC(=O)C(CCCN=C(N)N)NC(=O)C(CO)NC(=O)C(Cc1ccccc1)NC(=O)[C@H](CC1CCCCC1)NC(=O)[C@H](CC(=O)O)NC(=O)CN1CCN(CC(=O)O)CCN(CC(=O)O)CCN(CC(=O)O)CC1)C(=O)N[C@@H](Cc1c[nH]c2ccccc12)C(=O)N[C@@H](CO)C(=O)O. The second-order valence-corrected chi connectivity index (χ2v) is 29.1. The third kappa shape index (κ3) is 32.9. The van der Waals surface area contributed by atoms with Gasteiger partial charge >= 0.3 is 29.8 Å². The molecule has 2 heterocycles. The Morgan fingerprint density at radius 2 is 0.878 bits per heavy atom. The van der Waals surface area contributed by atoms with Crippen molar-refractivity contribution >= 4 is 99.9 Å². The number of phenolic OH excluding ortho intramolecular Hbond substituents is 1. The van der Waals surface area contributed by atoms with Crippen molar-refractivity contribution in [3.05, 3.63) is 102 Å². The monoisotopic (exact) mass is 1610 g/mol. The molecule has 9 atom stereocenters. The molecule has 4 aromatic rings. The number of aromatic amines is 1. The molecule has 1 aliphatic heterocycles. The van der Waals surface area contributed by atoms with E-state index < -0.39 is 183 Å². The number of amides is 9. The molecule has 1 aliphatic carbocycles. The smallest absolute Gasteiger partial charge is 0.328 e. The van der Waals surface area contributed by atoms with Gasteiger partial charge in [0.15, 0.2) is 5.96 Å². The summed E-state index contributed by atoms with van der Waals surface area (Å²) < 4.78 is 0. The van der Waals surface area contributed by atoms with Crippen LogP contribution in [0.1, 0.15) is 94.7 Å². The van der Waals surface area contributed by atoms with Gasteiger partial charge in [-0.3, -0.25) is 86.9 Å². The molecule has 0 radical (unpaired) electrons. The third-order valence-corrected chi connectivity index (χ3v) is 19.5. The minimum absolute atomic E-state index is 0.00256. The first-order valence-electron chi connectivity index (χ1n) is 38.1. The molecule has 3 aromatic carbocycles. The fourth-order valence-electron chi connectivity index (χ4n) is 13.5. The molecule has 1 saturated heterocycles. The summed E-state index contributed by atoms with van der Waals surface area (Å²) in [6.45, 7) is -0.184. The number of aromatic hydroxyl groups is 1. The van der Waals surface area contributed by atoms with Gasteiger partial charge in [0.25, 0.3) is 0 Å². The third-order valence-electron chi connectivity index (χ3n) is 19.5. The van der Waals surface area contributed by atoms with E-state index in [1.165, 1.54) is 34.1 Å². The van der Waals surface area contributed by atoms with E-state index in [1.54, 1.807) is 84.4 Å². The van der Waals surface area contributed by atoms with Crippen molar-refractivity contribution in [2.45, 2.75) is 152 Å². The first kappa shape index (κ1) is 92.5. The molecule has 39 nitrogen and oxygen atoms in total. The van der Waals surface area contributed by atoms with E-state index in [4.69, 9.17) is 11.5 Å². The Morgan fingerprint density at radius 1 is 0.461 bits per heavy atom. The first-order valence-corrected chi connectivity index (χ1v) is 38.1. The Morgan fingerprint density at radius 3 is 1.37 bits per heavy atom. The van der Waals surface area contributed by atoms with Crippen LogP contribution < -0.4 is 59.3 Å². The number of nitrogens with two attached hydrogens (primary N) is 2. The number of benzene rings is 3. The molecule has 0 spiro atoms. The summed E-state index contributed by atoms with van der Waals surface area (Å²) >= 11 is 0. The van der Waals surface area contributed by atoms with Crippen molar-refractivity contribution in [3.63, 3.8) is 0 Å². The highest BCUT2D eigenvalue weighted by molar-refractivity contribution is 5.99. The van der Waals surface area contributed by atoms with E-state index in [1.807, 2.05) is 0 Å². The Kier molecular flexibility index (Phi) is 38.1. The molecule has 22 N–H and O–H groups in total. The predicted octanol–water partition coefficient (Wildman–Crippen LogP) is -3.65. The largest absolute Gasteiger partial charge is 0.508 e. The van der Waals surface area contributed by atoms with Crippen LogP contribution in [0.3, 0.4) is 0 Å². The minimum atomic E-state index is -1.90. The maximum absolute atomic E-state index is 15.0. The van der Waals surface area contributed by atoms with E-state index in [0.717, 1.165) is 19.3 Å². The molecule has 2 aliphatic rings. The van der Waals surface area contributed by atoms with Crippen LogP contribution in [0, 0.1) is 11.8 Å². The quantitative estimate of drug-likeness (QED) is 0.0115. The molecule has 0 bridgehead atoms. The number of nitrogens with zero attached hydrogens (tertiary/aromatic N) is 5. The Hall–Kier alpha value is -11.4. The number of aliphatic carboxylic acids is 5. The molecule has 630 valence electrons. The van der Waals surface area contributed by atoms with E-state index in [9.17, 15) is 108 Å². The molecule has 1 aromatic heterocycles. The number of carbonyl (C=O) groups excluding carboxylic acids is 9. The van der Waals surface area contributed by atoms with E-state index in [0.29, 0.717) is 40.4 Å². The lowest BCUT2D eigenvalue weighted by Gasteiger charge is -2.33. The van der Waals surface area contributed by atoms with Gasteiger partial charge in [0.2, 0.25) is 53.2 Å². The van der Waals surface area contributed by atoms with Crippen LogP contribution in [-0.4, -0.2) is 307 Å². The summed E-state index contributed by atoms with van der Waals surface area (Å²) in [7, 11) is 0. The van der Waals surface area contributed by atoms with Crippen molar-refractivity contribution in [2.24, 2.45) is 28.3 Å². The van der Waals surface area contributed by atoms with Crippen LogP contribution in [0.25, 0.3) is 10.9 Å². The lowest BCUT2D eigenvalue weighted by molar-refractivity contribution is -0.143. The molecule has 2 fully saturated rings. The number of fused-ring (bicyclic) bond motifs is 1. The van der Waals surface area contributed by atoms with Gasteiger partial charge < -0.3 is 105 Å². The Balaban J connectivity index is 1.24. The molecular weight excluding hydrogens is 1500 g/mol. The number of aliphatic hydroxyl groups is 2. The summed E-state index contributed by atoms with van der Waals surface area (Å²) in [5.41, 5.74) is 13.3. The van der Waals surface area contributed by atoms with E-state index in [-0.39, 0.29) is 127 Å². The van der Waals surface area contributed by atoms with Gasteiger partial charge in [-0.25, -0.2) is 4.79 Å². The van der Waals surface area contributed by atoms with Gasteiger partial charge in [0, 0.05) is 95.3 Å². The van der Waals surface area contributed by atoms with Gasteiger partial charge in [0.1, 0.15) is 60.1 Å². The zero-order valence-electron chi connectivity index (χ0n) is 64.4. The highest BCUT2D eigenvalue weighted by Gasteiger charge is 2.38. The highest BCUT2D eigenvalue weighted by atomic mass is 16.4. The van der Waals surface area contributed by atoms with E-state index >= 15 is 0 Å². The van der Waals surface area contributed by atoms with Crippen molar-refractivity contribution in [3.8, 4) is 5.75 Å². The Labute approximate surface area is 663 Å². The number of carbonyl (C=O) groups is 14. The highest BCUT2D eigenvalue weighted by Crippen LogP contribution is 2.28. The maximum Gasteiger partial charge on any atom is 0.328 e. The van der Waals surface area contributed by atoms with Crippen molar-refractivity contribution in [1.29, 1.82) is 0 Å². The number of guanidine groups is 1. The normalized spacial score (nSPS) is 16.6. The fraction of sp³-hybridized carbons (Fsp3) is 0.539. The van der Waals surface area contributed by atoms with Crippen LogP contribution >= 0.6 is 0 Å². The maximum atomic E-state index is 15.0. The van der Waals surface area contributed by atoms with Gasteiger partial charge in [-0.1, -0.05) is 107 Å². The van der Waals surface area contributed by atoms with Gasteiger partial charge in [-0.05, 0) is 72.4 Å². The number of carboxylic acids is 5. The number of nitrogens with one attached hydrogen (secondary N) is 10. The number of phenols is 1. The number of aromatic nitrogens is 1. The van der Waals surface area contributed by atoms with Crippen LogP contribution in [0.4, 0.5) is 0 Å². The molecule has 39 heteroatoms. The number of para-hydroxylation sites is 1. The number of aliphatic hydroxyl groups excluding tert-OH is 2. The molecule has 9 amide bonds. The summed E-state index contributed by atoms with van der Waals surface area (Å²) in [6, 6.07) is 6.00. The lowest BCUT2D eigenvalue weighted by Crippen LogP contribution is -2.61. The first-order chi connectivity index (χ1) is 54.7. The number of carboxylic acid groups (broad SMARTS) is 5. The summed E-state index contributed by atoms with van der Waals surface area (Å²) in [5, 5.41) is 104. The zero-order valence-corrected chi connectivity index (χ0v) is 64.4. The number of hydrogen-bond acceptors (Lipinski definition) is 22. The lowest BCUT2D eigenvalue weighted by atomic mass is 9.84.